The summed E-state index contributed by atoms with van der Waals surface area (Å²) >= 11 is 0. The van der Waals surface area contributed by atoms with E-state index in [9.17, 15) is 14.0 Å². The summed E-state index contributed by atoms with van der Waals surface area (Å²) in [6, 6.07) is 13.5. The van der Waals surface area contributed by atoms with Crippen molar-refractivity contribution >= 4 is 17.6 Å². The van der Waals surface area contributed by atoms with Gasteiger partial charge in [-0.1, -0.05) is 18.2 Å². The molecule has 152 valence electrons. The second-order valence-electron chi connectivity index (χ2n) is 7.82. The average Bonchev–Trinajstić information content (AvgIpc) is 3.29. The second-order valence-corrected chi connectivity index (χ2v) is 7.82. The van der Waals surface area contributed by atoms with Gasteiger partial charge in [-0.3, -0.25) is 4.79 Å². The summed E-state index contributed by atoms with van der Waals surface area (Å²) in [5, 5.41) is 2.85. The van der Waals surface area contributed by atoms with Crippen LogP contribution >= 0.6 is 0 Å². The van der Waals surface area contributed by atoms with Crippen LogP contribution in [-0.4, -0.2) is 43.6 Å². The van der Waals surface area contributed by atoms with Crippen molar-refractivity contribution in [3.05, 3.63) is 59.9 Å². The van der Waals surface area contributed by atoms with Crippen LogP contribution < -0.4 is 15.0 Å². The Kier molecular flexibility index (Phi) is 5.13. The largest absolute Gasteiger partial charge is 0.497 e. The molecule has 2 aliphatic heterocycles. The van der Waals surface area contributed by atoms with Crippen LogP contribution in [0.1, 0.15) is 18.4 Å². The van der Waals surface area contributed by atoms with Crippen LogP contribution in [0.2, 0.25) is 0 Å². The Morgan fingerprint density at radius 2 is 2.03 bits per heavy atom. The zero-order valence-electron chi connectivity index (χ0n) is 16.4. The predicted molar refractivity (Wildman–Crippen MR) is 107 cm³/mol. The van der Waals surface area contributed by atoms with Crippen molar-refractivity contribution in [3.8, 4) is 5.75 Å². The lowest BCUT2D eigenvalue weighted by molar-refractivity contribution is -0.117. The highest BCUT2D eigenvalue weighted by atomic mass is 19.1. The molecule has 2 saturated heterocycles. The van der Waals surface area contributed by atoms with Crippen molar-refractivity contribution in [2.45, 2.75) is 19.4 Å². The van der Waals surface area contributed by atoms with Gasteiger partial charge in [-0.15, -0.1) is 0 Å². The number of methoxy groups -OCH3 is 1. The fraction of sp³-hybridized carbons (Fsp3) is 0.364. The van der Waals surface area contributed by atoms with Crippen LogP contribution in [0.4, 0.5) is 14.9 Å². The smallest absolute Gasteiger partial charge is 0.317 e. The first-order chi connectivity index (χ1) is 14.0. The summed E-state index contributed by atoms with van der Waals surface area (Å²) in [7, 11) is 1.60. The Bertz CT molecular complexity index is 935. The predicted octanol–water partition coefficient (Wildman–Crippen LogP) is 3.17. The van der Waals surface area contributed by atoms with Crippen LogP contribution in [0.25, 0.3) is 0 Å². The van der Waals surface area contributed by atoms with Gasteiger partial charge in [0.15, 0.2) is 0 Å². The molecule has 2 heterocycles. The maximum atomic E-state index is 13.3. The normalized spacial score (nSPS) is 21.1. The van der Waals surface area contributed by atoms with Gasteiger partial charge in [-0.05, 0) is 36.2 Å². The molecule has 2 aromatic carbocycles. The number of nitrogens with zero attached hydrogens (tertiary/aromatic N) is 2. The molecule has 29 heavy (non-hydrogen) atoms. The van der Waals surface area contributed by atoms with Gasteiger partial charge in [0.05, 0.1) is 7.11 Å². The van der Waals surface area contributed by atoms with E-state index in [-0.39, 0.29) is 29.7 Å². The van der Waals surface area contributed by atoms with Gasteiger partial charge in [-0.2, -0.15) is 0 Å². The maximum absolute atomic E-state index is 13.3. The van der Waals surface area contributed by atoms with E-state index in [1.54, 1.807) is 29.0 Å². The van der Waals surface area contributed by atoms with Gasteiger partial charge in [0.2, 0.25) is 5.91 Å². The Morgan fingerprint density at radius 1 is 1.21 bits per heavy atom. The highest BCUT2D eigenvalue weighted by molar-refractivity contribution is 5.96. The number of halogens is 1. The van der Waals surface area contributed by atoms with Gasteiger partial charge >= 0.3 is 6.03 Å². The van der Waals surface area contributed by atoms with E-state index in [2.05, 4.69) is 5.32 Å². The van der Waals surface area contributed by atoms with Crippen molar-refractivity contribution in [3.63, 3.8) is 0 Å². The van der Waals surface area contributed by atoms with Crippen molar-refractivity contribution in [1.82, 2.24) is 10.2 Å². The number of rotatable bonds is 4. The highest BCUT2D eigenvalue weighted by Crippen LogP contribution is 2.42. The van der Waals surface area contributed by atoms with Gasteiger partial charge in [0.1, 0.15) is 11.6 Å². The summed E-state index contributed by atoms with van der Waals surface area (Å²) in [4.78, 5) is 28.8. The van der Waals surface area contributed by atoms with Crippen LogP contribution in [0.5, 0.6) is 5.75 Å². The number of likely N-dealkylation sites (tertiary alicyclic amines) is 1. The van der Waals surface area contributed by atoms with Crippen molar-refractivity contribution in [2.24, 2.45) is 5.41 Å². The molecule has 6 nitrogen and oxygen atoms in total. The first-order valence-electron chi connectivity index (χ1n) is 9.70. The molecule has 3 amide bonds. The average molecular weight is 397 g/mol. The van der Waals surface area contributed by atoms with E-state index < -0.39 is 0 Å². The molecule has 0 aliphatic carbocycles. The van der Waals surface area contributed by atoms with Crippen LogP contribution in [0.3, 0.4) is 0 Å². The number of ether oxygens (including phenoxy) is 1. The molecular weight excluding hydrogens is 373 g/mol. The van der Waals surface area contributed by atoms with E-state index in [1.807, 2.05) is 24.3 Å². The van der Waals surface area contributed by atoms with Crippen LogP contribution in [-0.2, 0) is 11.3 Å². The first kappa shape index (κ1) is 19.2. The Balaban J connectivity index is 1.38. The number of benzene rings is 2. The van der Waals surface area contributed by atoms with Crippen LogP contribution in [0.15, 0.2) is 48.5 Å². The third-order valence-electron chi connectivity index (χ3n) is 5.74. The Hall–Kier alpha value is -3.09. The number of hydrogen-bond donors (Lipinski definition) is 1. The zero-order chi connectivity index (χ0) is 20.4. The minimum atomic E-state index is -0.320. The molecule has 2 aromatic rings. The van der Waals surface area contributed by atoms with Crippen molar-refractivity contribution < 1.29 is 18.7 Å². The minimum absolute atomic E-state index is 0.0697. The molecule has 2 aliphatic rings. The standard InChI is InChI=1S/C22H24FN3O3/c1-29-19-7-3-6-18(11-19)26-15-22(12-20(26)27)8-9-25(14-22)21(28)24-13-16-4-2-5-17(23)10-16/h2-7,10-11H,8-9,12-15H2,1H3,(H,24,28)/t22-/m1/s1. The molecule has 1 spiro atoms. The third kappa shape index (κ3) is 4.04. The number of carbonyl (C=O) groups excluding carboxylic acids is 2. The molecule has 0 aromatic heterocycles. The Morgan fingerprint density at radius 3 is 2.83 bits per heavy atom. The van der Waals surface area contributed by atoms with Crippen molar-refractivity contribution in [1.29, 1.82) is 0 Å². The van der Waals surface area contributed by atoms with Gasteiger partial charge in [-0.25, -0.2) is 9.18 Å². The number of urea groups is 1. The van der Waals surface area contributed by atoms with Crippen molar-refractivity contribution in [2.75, 3.05) is 31.6 Å². The lowest BCUT2D eigenvalue weighted by atomic mass is 9.86. The molecule has 7 heteroatoms. The molecule has 2 fully saturated rings. The number of anilines is 1. The second kappa shape index (κ2) is 7.73. The summed E-state index contributed by atoms with van der Waals surface area (Å²) in [5.41, 5.74) is 1.31. The Labute approximate surface area is 169 Å². The summed E-state index contributed by atoms with van der Waals surface area (Å²) < 4.78 is 18.5. The van der Waals surface area contributed by atoms with E-state index in [4.69, 9.17) is 4.74 Å². The molecular formula is C22H24FN3O3. The van der Waals surface area contributed by atoms with E-state index in [0.717, 1.165) is 12.1 Å². The van der Waals surface area contributed by atoms with E-state index in [0.29, 0.717) is 37.4 Å². The first-order valence-corrected chi connectivity index (χ1v) is 9.70. The van der Waals surface area contributed by atoms with Gasteiger partial charge in [0, 0.05) is 49.8 Å². The zero-order valence-corrected chi connectivity index (χ0v) is 16.4. The molecule has 1 atom stereocenters. The molecule has 0 saturated carbocycles. The van der Waals surface area contributed by atoms with Gasteiger partial charge < -0.3 is 19.9 Å². The molecule has 0 radical (unpaired) electrons. The van der Waals surface area contributed by atoms with Gasteiger partial charge in [0.25, 0.3) is 0 Å². The highest BCUT2D eigenvalue weighted by Gasteiger charge is 2.48. The third-order valence-corrected chi connectivity index (χ3v) is 5.74. The van der Waals surface area contributed by atoms with E-state index in [1.165, 1.54) is 12.1 Å². The number of amides is 3. The fourth-order valence-corrected chi connectivity index (χ4v) is 4.23. The summed E-state index contributed by atoms with van der Waals surface area (Å²) in [5.74, 6) is 0.459. The monoisotopic (exact) mass is 397 g/mol. The molecule has 1 N–H and O–H groups in total. The van der Waals surface area contributed by atoms with E-state index >= 15 is 0 Å². The SMILES string of the molecule is COc1cccc(N2C[C@]3(CCN(C(=O)NCc4cccc(F)c4)C3)CC2=O)c1. The summed E-state index contributed by atoms with van der Waals surface area (Å²) in [6.07, 6.45) is 1.21. The number of nitrogens with one attached hydrogen (secondary N) is 1. The molecule has 4 rings (SSSR count). The number of hydrogen-bond acceptors (Lipinski definition) is 3. The minimum Gasteiger partial charge on any atom is -0.497 e. The van der Waals surface area contributed by atoms with Crippen LogP contribution in [0, 0.1) is 11.2 Å². The lowest BCUT2D eigenvalue weighted by Gasteiger charge is -2.24. The fourth-order valence-electron chi connectivity index (χ4n) is 4.23. The maximum Gasteiger partial charge on any atom is 0.317 e. The number of carbonyl (C=O) groups is 2. The summed E-state index contributed by atoms with van der Waals surface area (Å²) in [6.45, 7) is 2.00. The quantitative estimate of drug-likeness (QED) is 0.862. The molecule has 0 unspecified atom stereocenters. The topological polar surface area (TPSA) is 61.9 Å². The molecule has 0 bridgehead atoms. The lowest BCUT2D eigenvalue weighted by Crippen LogP contribution is -2.40.